The molecule has 0 aliphatic heterocycles. The normalized spacial score (nSPS) is 11.1. The zero-order valence-corrected chi connectivity index (χ0v) is 18.4. The number of carbonyl (C=O) groups is 1. The van der Waals surface area contributed by atoms with E-state index < -0.39 is 0 Å². The zero-order chi connectivity index (χ0) is 23.8. The fraction of sp³-hybridized carbons (Fsp3) is 0. The first-order valence-corrected chi connectivity index (χ1v) is 11.0. The molecule has 3 heterocycles. The molecule has 3 aromatic heterocycles. The molecule has 7 heteroatoms. The monoisotopic (exact) mass is 459 g/mol. The number of rotatable bonds is 4. The SMILES string of the molecule is O=C(c1ccncc1)n1c(-c2cn(-c3ccccc3)nc2-c2ccc(F)cc2)nc2ccccc21. The molecular weight excluding hydrogens is 441 g/mol. The lowest BCUT2D eigenvalue weighted by Gasteiger charge is -2.08. The molecule has 0 aliphatic rings. The van der Waals surface area contributed by atoms with Crippen molar-refractivity contribution < 1.29 is 9.18 Å². The van der Waals surface area contributed by atoms with Gasteiger partial charge in [0.1, 0.15) is 11.5 Å². The summed E-state index contributed by atoms with van der Waals surface area (Å²) in [6.45, 7) is 0. The highest BCUT2D eigenvalue weighted by atomic mass is 19.1. The van der Waals surface area contributed by atoms with Crippen LogP contribution < -0.4 is 0 Å². The number of imidazole rings is 1. The van der Waals surface area contributed by atoms with Crippen molar-refractivity contribution in [2.75, 3.05) is 0 Å². The van der Waals surface area contributed by atoms with Gasteiger partial charge in [0, 0.05) is 29.7 Å². The molecule has 6 nitrogen and oxygen atoms in total. The van der Waals surface area contributed by atoms with Crippen molar-refractivity contribution in [2.24, 2.45) is 0 Å². The van der Waals surface area contributed by atoms with Gasteiger partial charge < -0.3 is 0 Å². The highest BCUT2D eigenvalue weighted by Gasteiger charge is 2.24. The summed E-state index contributed by atoms with van der Waals surface area (Å²) < 4.78 is 17.0. The predicted octanol–water partition coefficient (Wildman–Crippen LogP) is 5.78. The number of halogens is 1. The number of hydrogen-bond acceptors (Lipinski definition) is 4. The average molecular weight is 459 g/mol. The second-order valence-corrected chi connectivity index (χ2v) is 7.98. The van der Waals surface area contributed by atoms with E-state index in [0.29, 0.717) is 39.2 Å². The van der Waals surface area contributed by atoms with Crippen LogP contribution in [0.2, 0.25) is 0 Å². The highest BCUT2D eigenvalue weighted by Crippen LogP contribution is 2.34. The second-order valence-electron chi connectivity index (χ2n) is 7.98. The molecule has 0 fully saturated rings. The van der Waals surface area contributed by atoms with E-state index in [4.69, 9.17) is 10.1 Å². The van der Waals surface area contributed by atoms with Crippen molar-refractivity contribution >= 4 is 16.9 Å². The van der Waals surface area contributed by atoms with Crippen LogP contribution in [0.25, 0.3) is 39.4 Å². The Bertz CT molecular complexity index is 1660. The predicted molar refractivity (Wildman–Crippen MR) is 132 cm³/mol. The number of fused-ring (bicyclic) bond motifs is 1. The van der Waals surface area contributed by atoms with Crippen LogP contribution in [0.4, 0.5) is 4.39 Å². The Kier molecular flexibility index (Phi) is 5.00. The average Bonchev–Trinajstić information content (AvgIpc) is 3.52. The lowest BCUT2D eigenvalue weighted by molar-refractivity contribution is 0.0966. The molecule has 6 rings (SSSR count). The minimum atomic E-state index is -0.335. The van der Waals surface area contributed by atoms with E-state index in [1.54, 1.807) is 45.9 Å². The number of pyridine rings is 1. The van der Waals surface area contributed by atoms with Crippen LogP contribution in [-0.4, -0.2) is 30.2 Å². The number of para-hydroxylation sites is 3. The number of aromatic nitrogens is 5. The molecule has 0 bridgehead atoms. The first-order valence-electron chi connectivity index (χ1n) is 11.0. The summed E-state index contributed by atoms with van der Waals surface area (Å²) >= 11 is 0. The fourth-order valence-corrected chi connectivity index (χ4v) is 4.11. The van der Waals surface area contributed by atoms with Crippen LogP contribution >= 0.6 is 0 Å². The standard InChI is InChI=1S/C28H18FN5O/c29-21-12-10-19(11-13-21)26-23(18-33(32-26)22-6-2-1-3-7-22)27-31-24-8-4-5-9-25(24)34(27)28(35)20-14-16-30-17-15-20/h1-18H. The third kappa shape index (κ3) is 3.69. The first kappa shape index (κ1) is 20.7. The van der Waals surface area contributed by atoms with Gasteiger partial charge in [-0.05, 0) is 60.7 Å². The quantitative estimate of drug-likeness (QED) is 0.335. The van der Waals surface area contributed by atoms with Crippen LogP contribution in [0.1, 0.15) is 10.4 Å². The van der Waals surface area contributed by atoms with Crippen LogP contribution in [0.15, 0.2) is 110 Å². The number of nitrogens with zero attached hydrogens (tertiary/aromatic N) is 5. The van der Waals surface area contributed by atoms with Crippen molar-refractivity contribution in [3.8, 4) is 28.3 Å². The van der Waals surface area contributed by atoms with Gasteiger partial charge in [-0.3, -0.25) is 14.3 Å². The maximum absolute atomic E-state index is 13.7. The summed E-state index contributed by atoms with van der Waals surface area (Å²) in [5.41, 5.74) is 4.66. The van der Waals surface area contributed by atoms with E-state index in [2.05, 4.69) is 4.98 Å². The van der Waals surface area contributed by atoms with E-state index in [0.717, 1.165) is 5.69 Å². The van der Waals surface area contributed by atoms with Gasteiger partial charge in [0.2, 0.25) is 0 Å². The van der Waals surface area contributed by atoms with E-state index in [1.165, 1.54) is 12.1 Å². The maximum Gasteiger partial charge on any atom is 0.264 e. The van der Waals surface area contributed by atoms with Gasteiger partial charge in [-0.2, -0.15) is 5.10 Å². The lowest BCUT2D eigenvalue weighted by Crippen LogP contribution is -2.13. The van der Waals surface area contributed by atoms with Crippen molar-refractivity contribution in [3.05, 3.63) is 121 Å². The fourth-order valence-electron chi connectivity index (χ4n) is 4.11. The van der Waals surface area contributed by atoms with E-state index in [-0.39, 0.29) is 11.7 Å². The Balaban J connectivity index is 1.63. The smallest absolute Gasteiger partial charge is 0.264 e. The van der Waals surface area contributed by atoms with Crippen LogP contribution in [0, 0.1) is 5.82 Å². The molecule has 0 spiro atoms. The van der Waals surface area contributed by atoms with Crippen LogP contribution in [0.5, 0.6) is 0 Å². The molecule has 0 amide bonds. The molecule has 168 valence electrons. The van der Waals surface area contributed by atoms with Gasteiger partial charge in [-0.1, -0.05) is 30.3 Å². The Morgan fingerprint density at radius 2 is 1.51 bits per heavy atom. The molecule has 0 aliphatic carbocycles. The third-order valence-corrected chi connectivity index (χ3v) is 5.78. The van der Waals surface area contributed by atoms with Crippen molar-refractivity contribution in [3.63, 3.8) is 0 Å². The summed E-state index contributed by atoms with van der Waals surface area (Å²) in [7, 11) is 0. The zero-order valence-electron chi connectivity index (χ0n) is 18.4. The summed E-state index contributed by atoms with van der Waals surface area (Å²) in [6.07, 6.45) is 5.03. The second kappa shape index (κ2) is 8.46. The molecule has 0 unspecified atom stereocenters. The minimum Gasteiger partial charge on any atom is -0.268 e. The Morgan fingerprint density at radius 1 is 0.800 bits per heavy atom. The van der Waals surface area contributed by atoms with Crippen LogP contribution in [-0.2, 0) is 0 Å². The molecule has 3 aromatic carbocycles. The van der Waals surface area contributed by atoms with E-state index in [9.17, 15) is 9.18 Å². The molecule has 6 aromatic rings. The van der Waals surface area contributed by atoms with Crippen LogP contribution in [0.3, 0.4) is 0 Å². The molecule has 0 atom stereocenters. The van der Waals surface area contributed by atoms with Crippen molar-refractivity contribution in [1.29, 1.82) is 0 Å². The lowest BCUT2D eigenvalue weighted by atomic mass is 10.1. The Labute approximate surface area is 199 Å². The number of hydrogen-bond donors (Lipinski definition) is 0. The molecule has 0 radical (unpaired) electrons. The van der Waals surface area contributed by atoms with Gasteiger partial charge in [0.15, 0.2) is 5.82 Å². The van der Waals surface area contributed by atoms with Crippen molar-refractivity contribution in [2.45, 2.75) is 0 Å². The summed E-state index contributed by atoms with van der Waals surface area (Å²) in [5.74, 6) is -0.110. The molecular formula is C28H18FN5O. The third-order valence-electron chi connectivity index (χ3n) is 5.78. The van der Waals surface area contributed by atoms with Crippen molar-refractivity contribution in [1.82, 2.24) is 24.3 Å². The number of benzene rings is 3. The van der Waals surface area contributed by atoms with E-state index in [1.807, 2.05) is 60.8 Å². The highest BCUT2D eigenvalue weighted by molar-refractivity contribution is 6.04. The van der Waals surface area contributed by atoms with Gasteiger partial charge in [0.25, 0.3) is 5.91 Å². The van der Waals surface area contributed by atoms with Gasteiger partial charge in [0.05, 0.1) is 22.3 Å². The maximum atomic E-state index is 13.7. The largest absolute Gasteiger partial charge is 0.268 e. The summed E-state index contributed by atoms with van der Waals surface area (Å²) in [5, 5.41) is 4.82. The van der Waals surface area contributed by atoms with Gasteiger partial charge in [-0.15, -0.1) is 0 Å². The molecule has 0 saturated carbocycles. The summed E-state index contributed by atoms with van der Waals surface area (Å²) in [6, 6.07) is 26.6. The summed E-state index contributed by atoms with van der Waals surface area (Å²) in [4.78, 5) is 22.6. The number of carbonyl (C=O) groups excluding carboxylic acids is 1. The molecule has 0 N–H and O–H groups in total. The topological polar surface area (TPSA) is 65.6 Å². The Morgan fingerprint density at radius 3 is 2.29 bits per heavy atom. The minimum absolute atomic E-state index is 0.228. The molecule has 35 heavy (non-hydrogen) atoms. The molecule has 0 saturated heterocycles. The first-order chi connectivity index (χ1) is 17.2. The van der Waals surface area contributed by atoms with Gasteiger partial charge >= 0.3 is 0 Å². The van der Waals surface area contributed by atoms with E-state index >= 15 is 0 Å². The Hall–Kier alpha value is -4.91. The van der Waals surface area contributed by atoms with Gasteiger partial charge in [-0.25, -0.2) is 14.1 Å².